The Kier molecular flexibility index (Phi) is 5.04. The molecule has 1 aromatic rings. The molecule has 0 heterocycles. The highest BCUT2D eigenvalue weighted by atomic mass is 14.9. The van der Waals surface area contributed by atoms with Crippen molar-refractivity contribution in [3.8, 4) is 12.1 Å². The standard InChI is InChI=1S/C14H17N3/c1-3-5-13(4-2)17-14-7-6-11(9-15)12(8-14)10-16/h6-8,13,17H,3-5H2,1-2H3. The van der Waals surface area contributed by atoms with Gasteiger partial charge in [-0.15, -0.1) is 0 Å². The summed E-state index contributed by atoms with van der Waals surface area (Å²) in [6.07, 6.45) is 3.29. The van der Waals surface area contributed by atoms with Crippen LogP contribution in [0, 0.1) is 22.7 Å². The molecule has 1 aromatic carbocycles. The van der Waals surface area contributed by atoms with Gasteiger partial charge < -0.3 is 5.32 Å². The molecule has 1 N–H and O–H groups in total. The summed E-state index contributed by atoms with van der Waals surface area (Å²) in [4.78, 5) is 0. The lowest BCUT2D eigenvalue weighted by atomic mass is 10.1. The second-order valence-corrected chi connectivity index (χ2v) is 4.02. The highest BCUT2D eigenvalue weighted by molar-refractivity contribution is 5.56. The van der Waals surface area contributed by atoms with Crippen molar-refractivity contribution in [2.24, 2.45) is 0 Å². The van der Waals surface area contributed by atoms with Crippen LogP contribution in [0.3, 0.4) is 0 Å². The average molecular weight is 227 g/mol. The molecular weight excluding hydrogens is 210 g/mol. The zero-order chi connectivity index (χ0) is 12.7. The lowest BCUT2D eigenvalue weighted by Crippen LogP contribution is -2.17. The molecule has 1 rings (SSSR count). The fourth-order valence-electron chi connectivity index (χ4n) is 1.79. The van der Waals surface area contributed by atoms with Gasteiger partial charge >= 0.3 is 0 Å². The minimum Gasteiger partial charge on any atom is -0.382 e. The molecular formula is C14H17N3. The first-order valence-electron chi connectivity index (χ1n) is 5.95. The first-order valence-corrected chi connectivity index (χ1v) is 5.95. The number of hydrogen-bond acceptors (Lipinski definition) is 3. The molecule has 0 amide bonds. The summed E-state index contributed by atoms with van der Waals surface area (Å²) in [5.41, 5.74) is 1.78. The van der Waals surface area contributed by atoms with Gasteiger partial charge in [-0.2, -0.15) is 10.5 Å². The highest BCUT2D eigenvalue weighted by Crippen LogP contribution is 2.17. The van der Waals surface area contributed by atoms with E-state index in [-0.39, 0.29) is 0 Å². The third kappa shape index (κ3) is 3.50. The van der Waals surface area contributed by atoms with Crippen LogP contribution in [0.2, 0.25) is 0 Å². The van der Waals surface area contributed by atoms with Crippen LogP contribution in [0.25, 0.3) is 0 Å². The number of anilines is 1. The van der Waals surface area contributed by atoms with Crippen molar-refractivity contribution >= 4 is 5.69 Å². The van der Waals surface area contributed by atoms with Gasteiger partial charge in [0.1, 0.15) is 12.1 Å². The van der Waals surface area contributed by atoms with E-state index in [2.05, 4.69) is 19.2 Å². The molecule has 1 atom stereocenters. The number of rotatable bonds is 5. The predicted octanol–water partition coefficient (Wildman–Crippen LogP) is 3.42. The molecule has 1 unspecified atom stereocenters. The zero-order valence-corrected chi connectivity index (χ0v) is 10.3. The van der Waals surface area contributed by atoms with Crippen molar-refractivity contribution in [3.05, 3.63) is 29.3 Å². The minimum atomic E-state index is 0.430. The van der Waals surface area contributed by atoms with Crippen LogP contribution in [-0.4, -0.2) is 6.04 Å². The fraction of sp³-hybridized carbons (Fsp3) is 0.429. The van der Waals surface area contributed by atoms with Gasteiger partial charge in [-0.1, -0.05) is 20.3 Å². The Labute approximate surface area is 103 Å². The molecule has 3 heteroatoms. The Bertz CT molecular complexity index is 452. The van der Waals surface area contributed by atoms with Gasteiger partial charge in [0.05, 0.1) is 11.1 Å². The van der Waals surface area contributed by atoms with E-state index in [9.17, 15) is 0 Å². The summed E-state index contributed by atoms with van der Waals surface area (Å²) in [5, 5.41) is 21.2. The van der Waals surface area contributed by atoms with Crippen LogP contribution in [0.15, 0.2) is 18.2 Å². The summed E-state index contributed by atoms with van der Waals surface area (Å²) in [5.74, 6) is 0. The van der Waals surface area contributed by atoms with Crippen LogP contribution in [-0.2, 0) is 0 Å². The molecule has 88 valence electrons. The van der Waals surface area contributed by atoms with Gasteiger partial charge in [-0.25, -0.2) is 0 Å². The second-order valence-electron chi connectivity index (χ2n) is 4.02. The fourth-order valence-corrected chi connectivity index (χ4v) is 1.79. The van der Waals surface area contributed by atoms with E-state index < -0.39 is 0 Å². The summed E-state index contributed by atoms with van der Waals surface area (Å²) in [7, 11) is 0. The van der Waals surface area contributed by atoms with Crippen LogP contribution in [0.4, 0.5) is 5.69 Å². The van der Waals surface area contributed by atoms with E-state index in [1.54, 1.807) is 12.1 Å². The lowest BCUT2D eigenvalue weighted by molar-refractivity contribution is 0.623. The maximum absolute atomic E-state index is 8.94. The Morgan fingerprint density at radius 3 is 2.41 bits per heavy atom. The van der Waals surface area contributed by atoms with E-state index in [0.29, 0.717) is 17.2 Å². The maximum atomic E-state index is 8.94. The topological polar surface area (TPSA) is 59.6 Å². The summed E-state index contributed by atoms with van der Waals surface area (Å²) in [6.45, 7) is 4.30. The largest absolute Gasteiger partial charge is 0.382 e. The lowest BCUT2D eigenvalue weighted by Gasteiger charge is -2.17. The quantitative estimate of drug-likeness (QED) is 0.838. The zero-order valence-electron chi connectivity index (χ0n) is 10.3. The molecule has 0 saturated heterocycles. The molecule has 0 aromatic heterocycles. The number of hydrogen-bond donors (Lipinski definition) is 1. The van der Waals surface area contributed by atoms with Gasteiger partial charge in [0.25, 0.3) is 0 Å². The van der Waals surface area contributed by atoms with Crippen molar-refractivity contribution < 1.29 is 0 Å². The molecule has 0 radical (unpaired) electrons. The summed E-state index contributed by atoms with van der Waals surface area (Å²) in [6, 6.07) is 9.79. The number of nitrogens with zero attached hydrogens (tertiary/aromatic N) is 2. The monoisotopic (exact) mass is 227 g/mol. The van der Waals surface area contributed by atoms with Gasteiger partial charge in [0, 0.05) is 11.7 Å². The van der Waals surface area contributed by atoms with E-state index >= 15 is 0 Å². The van der Waals surface area contributed by atoms with Gasteiger partial charge in [-0.3, -0.25) is 0 Å². The number of nitriles is 2. The van der Waals surface area contributed by atoms with Gasteiger partial charge in [0.15, 0.2) is 0 Å². The Hall–Kier alpha value is -2.00. The third-order valence-electron chi connectivity index (χ3n) is 2.76. The SMILES string of the molecule is CCCC(CC)Nc1ccc(C#N)c(C#N)c1. The van der Waals surface area contributed by atoms with Crippen molar-refractivity contribution in [1.82, 2.24) is 0 Å². The molecule has 3 nitrogen and oxygen atoms in total. The Morgan fingerprint density at radius 1 is 1.18 bits per heavy atom. The normalized spacial score (nSPS) is 11.3. The van der Waals surface area contributed by atoms with Crippen LogP contribution in [0.5, 0.6) is 0 Å². The smallest absolute Gasteiger partial charge is 0.101 e. The molecule has 0 saturated carbocycles. The molecule has 0 aliphatic heterocycles. The molecule has 0 fully saturated rings. The molecule has 0 bridgehead atoms. The van der Waals surface area contributed by atoms with Crippen LogP contribution >= 0.6 is 0 Å². The molecule has 0 aliphatic rings. The maximum Gasteiger partial charge on any atom is 0.101 e. The van der Waals surface area contributed by atoms with Crippen LogP contribution < -0.4 is 5.32 Å². The van der Waals surface area contributed by atoms with Crippen molar-refractivity contribution in [2.75, 3.05) is 5.32 Å². The Balaban J connectivity index is 2.87. The van der Waals surface area contributed by atoms with Crippen molar-refractivity contribution in [2.45, 2.75) is 39.2 Å². The van der Waals surface area contributed by atoms with E-state index in [0.717, 1.165) is 24.9 Å². The second kappa shape index (κ2) is 6.55. The van der Waals surface area contributed by atoms with Crippen molar-refractivity contribution in [3.63, 3.8) is 0 Å². The first-order chi connectivity index (χ1) is 8.24. The third-order valence-corrected chi connectivity index (χ3v) is 2.76. The van der Waals surface area contributed by atoms with E-state index in [1.165, 1.54) is 0 Å². The average Bonchev–Trinajstić information content (AvgIpc) is 2.38. The number of nitrogens with one attached hydrogen (secondary N) is 1. The summed E-state index contributed by atoms with van der Waals surface area (Å²) >= 11 is 0. The minimum absolute atomic E-state index is 0.430. The van der Waals surface area contributed by atoms with E-state index in [1.807, 2.05) is 18.2 Å². The Morgan fingerprint density at radius 2 is 1.88 bits per heavy atom. The highest BCUT2D eigenvalue weighted by Gasteiger charge is 2.07. The predicted molar refractivity (Wildman–Crippen MR) is 68.5 cm³/mol. The van der Waals surface area contributed by atoms with E-state index in [4.69, 9.17) is 10.5 Å². The van der Waals surface area contributed by atoms with Gasteiger partial charge in [-0.05, 0) is 31.0 Å². The van der Waals surface area contributed by atoms with Crippen molar-refractivity contribution in [1.29, 1.82) is 10.5 Å². The van der Waals surface area contributed by atoms with Gasteiger partial charge in [0.2, 0.25) is 0 Å². The van der Waals surface area contributed by atoms with Crippen LogP contribution in [0.1, 0.15) is 44.2 Å². The molecule has 17 heavy (non-hydrogen) atoms. The molecule has 0 spiro atoms. The first kappa shape index (κ1) is 13.1. The summed E-state index contributed by atoms with van der Waals surface area (Å²) < 4.78 is 0. The number of benzene rings is 1. The molecule has 0 aliphatic carbocycles.